The second kappa shape index (κ2) is 7.97. The molecule has 2 fully saturated rings. The van der Waals surface area contributed by atoms with Crippen molar-refractivity contribution in [3.63, 3.8) is 0 Å². The zero-order valence-corrected chi connectivity index (χ0v) is 18.1. The number of hydrogen-bond acceptors (Lipinski definition) is 4. The fourth-order valence-electron chi connectivity index (χ4n) is 5.16. The van der Waals surface area contributed by atoms with Crippen LogP contribution in [-0.4, -0.2) is 42.8 Å². The zero-order valence-electron chi connectivity index (χ0n) is 18.1. The van der Waals surface area contributed by atoms with Gasteiger partial charge in [0.15, 0.2) is 0 Å². The second-order valence-corrected chi connectivity index (χ2v) is 9.05. The lowest BCUT2D eigenvalue weighted by atomic mass is 9.89. The van der Waals surface area contributed by atoms with E-state index in [1.807, 2.05) is 47.4 Å². The van der Waals surface area contributed by atoms with E-state index in [0.717, 1.165) is 36.2 Å². The van der Waals surface area contributed by atoms with E-state index in [2.05, 4.69) is 10.6 Å². The molecule has 1 saturated carbocycles. The standard InChI is InChI=1S/C25H27N3O4/c1-32-17-7-8-21-18(13-17)19(23(30)27-21)14-22(29)28-11-9-25(10-12-28)15-20(25)24(31)26-16-5-3-2-4-6-16/h2-8,13,19-20H,9-12,14-15H2,1H3,(H,26,31)(H,27,30). The summed E-state index contributed by atoms with van der Waals surface area (Å²) in [6.07, 6.45) is 2.68. The van der Waals surface area contributed by atoms with Gasteiger partial charge in [0.1, 0.15) is 5.75 Å². The van der Waals surface area contributed by atoms with Crippen LogP contribution in [0.2, 0.25) is 0 Å². The smallest absolute Gasteiger partial charge is 0.232 e. The van der Waals surface area contributed by atoms with Gasteiger partial charge in [-0.15, -0.1) is 0 Å². The van der Waals surface area contributed by atoms with Crippen LogP contribution in [0.25, 0.3) is 0 Å². The third-order valence-electron chi connectivity index (χ3n) is 7.25. The van der Waals surface area contributed by atoms with Crippen molar-refractivity contribution in [1.82, 2.24) is 4.90 Å². The van der Waals surface area contributed by atoms with Crippen molar-refractivity contribution in [3.05, 3.63) is 54.1 Å². The maximum Gasteiger partial charge on any atom is 0.232 e. The Balaban J connectivity index is 1.17. The van der Waals surface area contributed by atoms with Crippen molar-refractivity contribution in [2.75, 3.05) is 30.8 Å². The monoisotopic (exact) mass is 433 g/mol. The molecule has 2 atom stereocenters. The molecule has 5 rings (SSSR count). The lowest BCUT2D eigenvalue weighted by molar-refractivity contribution is -0.135. The Morgan fingerprint density at radius 3 is 2.62 bits per heavy atom. The molecule has 2 aliphatic heterocycles. The van der Waals surface area contributed by atoms with Crippen LogP contribution >= 0.6 is 0 Å². The number of piperidine rings is 1. The van der Waals surface area contributed by atoms with Crippen LogP contribution in [0.1, 0.15) is 37.2 Å². The third kappa shape index (κ3) is 3.72. The van der Waals surface area contributed by atoms with Gasteiger partial charge < -0.3 is 20.3 Å². The van der Waals surface area contributed by atoms with E-state index in [0.29, 0.717) is 18.8 Å². The molecular weight excluding hydrogens is 406 g/mol. The first-order chi connectivity index (χ1) is 15.5. The minimum Gasteiger partial charge on any atom is -0.497 e. The van der Waals surface area contributed by atoms with Crippen LogP contribution in [0.4, 0.5) is 11.4 Å². The van der Waals surface area contributed by atoms with Gasteiger partial charge >= 0.3 is 0 Å². The van der Waals surface area contributed by atoms with Crippen molar-refractivity contribution >= 4 is 29.1 Å². The Kier molecular flexibility index (Phi) is 5.12. The SMILES string of the molecule is COc1ccc2c(c1)C(CC(=O)N1CCC3(CC1)CC3C(=O)Nc1ccccc1)C(=O)N2. The summed E-state index contributed by atoms with van der Waals surface area (Å²) in [5.41, 5.74) is 2.40. The number of anilines is 2. The van der Waals surface area contributed by atoms with Gasteiger partial charge in [-0.25, -0.2) is 0 Å². The largest absolute Gasteiger partial charge is 0.497 e. The lowest BCUT2D eigenvalue weighted by Gasteiger charge is -2.33. The number of nitrogens with zero attached hydrogens (tertiary/aromatic N) is 1. The summed E-state index contributed by atoms with van der Waals surface area (Å²) in [4.78, 5) is 40.0. The summed E-state index contributed by atoms with van der Waals surface area (Å²) in [5.74, 6) is 0.112. The first kappa shape index (κ1) is 20.5. The number of fused-ring (bicyclic) bond motifs is 1. The number of carbonyl (C=O) groups is 3. The van der Waals surface area contributed by atoms with Crippen LogP contribution in [-0.2, 0) is 14.4 Å². The fourth-order valence-corrected chi connectivity index (χ4v) is 5.16. The quantitative estimate of drug-likeness (QED) is 0.757. The van der Waals surface area contributed by atoms with Crippen LogP contribution in [0.3, 0.4) is 0 Å². The summed E-state index contributed by atoms with van der Waals surface area (Å²) in [6, 6.07) is 15.0. The Bertz CT molecular complexity index is 1060. The molecule has 1 spiro atoms. The number of amides is 3. The Labute approximate surface area is 187 Å². The Morgan fingerprint density at radius 1 is 1.16 bits per heavy atom. The number of carbonyl (C=O) groups excluding carboxylic acids is 3. The Morgan fingerprint density at radius 2 is 1.91 bits per heavy atom. The van der Waals surface area contributed by atoms with Crippen molar-refractivity contribution in [2.24, 2.45) is 11.3 Å². The van der Waals surface area contributed by atoms with Crippen molar-refractivity contribution in [2.45, 2.75) is 31.6 Å². The zero-order chi connectivity index (χ0) is 22.3. The highest BCUT2D eigenvalue weighted by Gasteiger charge is 2.58. The molecule has 32 heavy (non-hydrogen) atoms. The van der Waals surface area contributed by atoms with E-state index >= 15 is 0 Å². The summed E-state index contributed by atoms with van der Waals surface area (Å²) in [7, 11) is 1.58. The van der Waals surface area contributed by atoms with E-state index in [1.165, 1.54) is 0 Å². The number of ether oxygens (including phenoxy) is 1. The molecule has 3 aliphatic rings. The minimum atomic E-state index is -0.492. The summed E-state index contributed by atoms with van der Waals surface area (Å²) < 4.78 is 5.27. The minimum absolute atomic E-state index is 0.0124. The van der Waals surface area contributed by atoms with E-state index in [9.17, 15) is 14.4 Å². The molecule has 7 heteroatoms. The first-order valence-electron chi connectivity index (χ1n) is 11.1. The van der Waals surface area contributed by atoms with Crippen LogP contribution in [0.15, 0.2) is 48.5 Å². The predicted octanol–water partition coefficient (Wildman–Crippen LogP) is 3.39. The number of benzene rings is 2. The van der Waals surface area contributed by atoms with Crippen LogP contribution in [0.5, 0.6) is 5.75 Å². The van der Waals surface area contributed by atoms with Gasteiger partial charge in [0, 0.05) is 36.8 Å². The van der Waals surface area contributed by atoms with Gasteiger partial charge in [-0.2, -0.15) is 0 Å². The number of nitrogens with one attached hydrogen (secondary N) is 2. The third-order valence-corrected chi connectivity index (χ3v) is 7.25. The summed E-state index contributed by atoms with van der Waals surface area (Å²) in [5, 5.41) is 5.87. The van der Waals surface area contributed by atoms with E-state index in [-0.39, 0.29) is 35.5 Å². The molecule has 2 unspecified atom stereocenters. The highest BCUT2D eigenvalue weighted by Crippen LogP contribution is 2.59. The molecule has 3 amide bonds. The first-order valence-corrected chi connectivity index (χ1v) is 11.1. The molecular formula is C25H27N3O4. The lowest BCUT2D eigenvalue weighted by Crippen LogP contribution is -2.41. The average molecular weight is 434 g/mol. The fraction of sp³-hybridized carbons (Fsp3) is 0.400. The molecule has 2 aromatic rings. The van der Waals surface area contributed by atoms with Gasteiger partial charge in [-0.05, 0) is 60.6 Å². The Hall–Kier alpha value is -3.35. The molecule has 2 N–H and O–H groups in total. The van der Waals surface area contributed by atoms with Crippen molar-refractivity contribution in [3.8, 4) is 5.75 Å². The van der Waals surface area contributed by atoms with Gasteiger partial charge in [0.05, 0.1) is 13.0 Å². The maximum atomic E-state index is 13.0. The molecule has 166 valence electrons. The van der Waals surface area contributed by atoms with E-state index < -0.39 is 5.92 Å². The number of likely N-dealkylation sites (tertiary alicyclic amines) is 1. The predicted molar refractivity (Wildman–Crippen MR) is 120 cm³/mol. The molecule has 1 saturated heterocycles. The molecule has 2 aromatic carbocycles. The highest BCUT2D eigenvalue weighted by molar-refractivity contribution is 6.05. The van der Waals surface area contributed by atoms with Gasteiger partial charge in [-0.3, -0.25) is 14.4 Å². The molecule has 0 radical (unpaired) electrons. The van der Waals surface area contributed by atoms with E-state index in [4.69, 9.17) is 4.74 Å². The van der Waals surface area contributed by atoms with Crippen molar-refractivity contribution in [1.29, 1.82) is 0 Å². The number of methoxy groups -OCH3 is 1. The van der Waals surface area contributed by atoms with Gasteiger partial charge in [-0.1, -0.05) is 18.2 Å². The number of para-hydroxylation sites is 1. The summed E-state index contributed by atoms with van der Waals surface area (Å²) in [6.45, 7) is 1.26. The number of rotatable bonds is 5. The molecule has 2 heterocycles. The van der Waals surface area contributed by atoms with Crippen LogP contribution in [0, 0.1) is 11.3 Å². The van der Waals surface area contributed by atoms with Crippen molar-refractivity contribution < 1.29 is 19.1 Å². The molecule has 0 aromatic heterocycles. The topological polar surface area (TPSA) is 87.7 Å². The average Bonchev–Trinajstić information content (AvgIpc) is 3.42. The molecule has 7 nitrogen and oxygen atoms in total. The van der Waals surface area contributed by atoms with E-state index in [1.54, 1.807) is 13.2 Å². The number of hydrogen-bond donors (Lipinski definition) is 2. The van der Waals surface area contributed by atoms with Crippen LogP contribution < -0.4 is 15.4 Å². The summed E-state index contributed by atoms with van der Waals surface area (Å²) >= 11 is 0. The molecule has 1 aliphatic carbocycles. The van der Waals surface area contributed by atoms with Gasteiger partial charge in [0.2, 0.25) is 17.7 Å². The highest BCUT2D eigenvalue weighted by atomic mass is 16.5. The maximum absolute atomic E-state index is 13.0. The normalized spacial score (nSPS) is 22.8. The molecule has 0 bridgehead atoms. The van der Waals surface area contributed by atoms with Gasteiger partial charge in [0.25, 0.3) is 0 Å². The second-order valence-electron chi connectivity index (χ2n) is 9.05.